The maximum atomic E-state index is 8.99. The topological polar surface area (TPSA) is 52.5 Å². The smallest absolute Gasteiger partial charge is 0.0636 e. The van der Waals surface area contributed by atoms with Gasteiger partial charge in [-0.25, -0.2) is 0 Å². The highest BCUT2D eigenvalue weighted by molar-refractivity contribution is 4.94. The fraction of sp³-hybridized carbons (Fsp3) is 1.00. The summed E-state index contributed by atoms with van der Waals surface area (Å²) in [4.78, 5) is 0. The minimum Gasteiger partial charge on any atom is -0.396 e. The molecule has 3 heteroatoms. The average Bonchev–Trinajstić information content (AvgIpc) is 2.69. The molecule has 0 aromatic rings. The standard InChI is InChI=1S/C9H19NO2/c1-8(12)6-10-7-9(2-3-9)4-5-11/h8,10-12H,2-7H2,1H3/t8-/m0/s1. The van der Waals surface area contributed by atoms with E-state index >= 15 is 0 Å². The molecule has 1 aliphatic rings. The van der Waals surface area contributed by atoms with Crippen molar-refractivity contribution in [3.05, 3.63) is 0 Å². The molecular weight excluding hydrogens is 154 g/mol. The molecule has 1 fully saturated rings. The van der Waals surface area contributed by atoms with E-state index in [4.69, 9.17) is 10.2 Å². The van der Waals surface area contributed by atoms with Crippen LogP contribution >= 0.6 is 0 Å². The van der Waals surface area contributed by atoms with Crippen molar-refractivity contribution in [2.45, 2.75) is 32.3 Å². The van der Waals surface area contributed by atoms with Crippen LogP contribution in [0.15, 0.2) is 0 Å². The zero-order valence-electron chi connectivity index (χ0n) is 7.71. The third kappa shape index (κ3) is 3.09. The normalized spacial score (nSPS) is 22.2. The van der Waals surface area contributed by atoms with Gasteiger partial charge in [0.15, 0.2) is 0 Å². The van der Waals surface area contributed by atoms with Gasteiger partial charge < -0.3 is 15.5 Å². The second kappa shape index (κ2) is 4.21. The van der Waals surface area contributed by atoms with Gasteiger partial charge in [0.05, 0.1) is 6.10 Å². The van der Waals surface area contributed by atoms with Gasteiger partial charge in [0.1, 0.15) is 0 Å². The lowest BCUT2D eigenvalue weighted by atomic mass is 10.0. The van der Waals surface area contributed by atoms with Crippen molar-refractivity contribution in [2.24, 2.45) is 5.41 Å². The lowest BCUT2D eigenvalue weighted by Gasteiger charge is -2.15. The molecule has 1 aliphatic carbocycles. The van der Waals surface area contributed by atoms with Crippen molar-refractivity contribution < 1.29 is 10.2 Å². The molecule has 0 aliphatic heterocycles. The molecule has 1 rings (SSSR count). The van der Waals surface area contributed by atoms with Gasteiger partial charge >= 0.3 is 0 Å². The number of aliphatic hydroxyl groups is 2. The number of aliphatic hydroxyl groups excluding tert-OH is 2. The minimum atomic E-state index is -0.269. The molecule has 0 heterocycles. The third-order valence-electron chi connectivity index (χ3n) is 2.54. The number of hydrogen-bond acceptors (Lipinski definition) is 3. The van der Waals surface area contributed by atoms with Crippen molar-refractivity contribution in [1.29, 1.82) is 0 Å². The first-order valence-corrected chi connectivity index (χ1v) is 4.68. The molecule has 0 spiro atoms. The quantitative estimate of drug-likeness (QED) is 0.535. The van der Waals surface area contributed by atoms with Crippen molar-refractivity contribution in [1.82, 2.24) is 5.32 Å². The van der Waals surface area contributed by atoms with Crippen LogP contribution in [0.4, 0.5) is 0 Å². The fourth-order valence-electron chi connectivity index (χ4n) is 1.48. The van der Waals surface area contributed by atoms with Crippen LogP contribution in [-0.2, 0) is 0 Å². The van der Waals surface area contributed by atoms with E-state index in [1.165, 1.54) is 12.8 Å². The Morgan fingerprint density at radius 3 is 2.58 bits per heavy atom. The molecule has 0 aromatic heterocycles. The molecular formula is C9H19NO2. The van der Waals surface area contributed by atoms with Crippen molar-refractivity contribution in [2.75, 3.05) is 19.7 Å². The lowest BCUT2D eigenvalue weighted by Crippen LogP contribution is -2.30. The summed E-state index contributed by atoms with van der Waals surface area (Å²) in [7, 11) is 0. The Kier molecular flexibility index (Phi) is 3.50. The SMILES string of the molecule is C[C@H](O)CNCC1(CCO)CC1. The van der Waals surface area contributed by atoms with E-state index in [2.05, 4.69) is 5.32 Å². The summed E-state index contributed by atoms with van der Waals surface area (Å²) in [5.41, 5.74) is 0.365. The van der Waals surface area contributed by atoms with E-state index in [-0.39, 0.29) is 12.7 Å². The van der Waals surface area contributed by atoms with E-state index in [0.717, 1.165) is 13.0 Å². The van der Waals surface area contributed by atoms with E-state index in [1.54, 1.807) is 6.92 Å². The summed E-state index contributed by atoms with van der Waals surface area (Å²) in [5.74, 6) is 0. The van der Waals surface area contributed by atoms with Gasteiger partial charge in [-0.2, -0.15) is 0 Å². The average molecular weight is 173 g/mol. The minimum absolute atomic E-state index is 0.269. The highest BCUT2D eigenvalue weighted by atomic mass is 16.3. The van der Waals surface area contributed by atoms with Gasteiger partial charge in [-0.05, 0) is 31.6 Å². The summed E-state index contributed by atoms with van der Waals surface area (Å²) < 4.78 is 0. The van der Waals surface area contributed by atoms with Gasteiger partial charge in [0.2, 0.25) is 0 Å². The van der Waals surface area contributed by atoms with Gasteiger partial charge in [-0.1, -0.05) is 0 Å². The second-order valence-electron chi connectivity index (χ2n) is 3.95. The summed E-state index contributed by atoms with van der Waals surface area (Å²) in [6.07, 6.45) is 3.08. The Morgan fingerprint density at radius 1 is 1.50 bits per heavy atom. The van der Waals surface area contributed by atoms with Crippen LogP contribution in [0.25, 0.3) is 0 Å². The van der Waals surface area contributed by atoms with Crippen LogP contribution < -0.4 is 5.32 Å². The molecule has 12 heavy (non-hydrogen) atoms. The van der Waals surface area contributed by atoms with Gasteiger partial charge in [0.25, 0.3) is 0 Å². The van der Waals surface area contributed by atoms with Crippen LogP contribution in [0, 0.1) is 5.41 Å². The maximum absolute atomic E-state index is 8.99. The van der Waals surface area contributed by atoms with Crippen molar-refractivity contribution >= 4 is 0 Å². The Labute approximate surface area is 73.8 Å². The first kappa shape index (κ1) is 9.96. The van der Waals surface area contributed by atoms with Crippen LogP contribution in [-0.4, -0.2) is 36.0 Å². The van der Waals surface area contributed by atoms with E-state index in [9.17, 15) is 0 Å². The molecule has 0 saturated heterocycles. The molecule has 1 atom stereocenters. The van der Waals surface area contributed by atoms with Crippen LogP contribution in [0.5, 0.6) is 0 Å². The van der Waals surface area contributed by atoms with E-state index < -0.39 is 0 Å². The molecule has 1 saturated carbocycles. The molecule has 72 valence electrons. The van der Waals surface area contributed by atoms with Crippen LogP contribution in [0.1, 0.15) is 26.2 Å². The van der Waals surface area contributed by atoms with E-state index in [0.29, 0.717) is 12.0 Å². The first-order valence-electron chi connectivity index (χ1n) is 4.68. The summed E-state index contributed by atoms with van der Waals surface area (Å²) in [5, 5.41) is 21.0. The Balaban J connectivity index is 2.06. The number of rotatable bonds is 6. The monoisotopic (exact) mass is 173 g/mol. The lowest BCUT2D eigenvalue weighted by molar-refractivity contribution is 0.184. The predicted octanol–water partition coefficient (Wildman–Crippen LogP) is 0.119. The molecule has 0 amide bonds. The zero-order valence-corrected chi connectivity index (χ0v) is 7.71. The largest absolute Gasteiger partial charge is 0.396 e. The van der Waals surface area contributed by atoms with Crippen molar-refractivity contribution in [3.63, 3.8) is 0 Å². The van der Waals surface area contributed by atoms with E-state index in [1.807, 2.05) is 0 Å². The van der Waals surface area contributed by atoms with Gasteiger partial charge in [-0.15, -0.1) is 0 Å². The van der Waals surface area contributed by atoms with Crippen LogP contribution in [0.3, 0.4) is 0 Å². The number of hydrogen-bond donors (Lipinski definition) is 3. The molecule has 0 unspecified atom stereocenters. The Bertz CT molecular complexity index is 132. The molecule has 3 N–H and O–H groups in total. The Hall–Kier alpha value is -0.120. The summed E-state index contributed by atoms with van der Waals surface area (Å²) >= 11 is 0. The third-order valence-corrected chi connectivity index (χ3v) is 2.54. The summed E-state index contributed by atoms with van der Waals surface area (Å²) in [6, 6.07) is 0. The zero-order chi connectivity index (χ0) is 9.03. The van der Waals surface area contributed by atoms with Crippen molar-refractivity contribution in [3.8, 4) is 0 Å². The highest BCUT2D eigenvalue weighted by Gasteiger charge is 2.41. The maximum Gasteiger partial charge on any atom is 0.0636 e. The predicted molar refractivity (Wildman–Crippen MR) is 47.9 cm³/mol. The molecule has 3 nitrogen and oxygen atoms in total. The van der Waals surface area contributed by atoms with Crippen LogP contribution in [0.2, 0.25) is 0 Å². The summed E-state index contributed by atoms with van der Waals surface area (Å²) in [6.45, 7) is 3.67. The highest BCUT2D eigenvalue weighted by Crippen LogP contribution is 2.47. The fourth-order valence-corrected chi connectivity index (χ4v) is 1.48. The molecule has 0 bridgehead atoms. The Morgan fingerprint density at radius 2 is 2.17 bits per heavy atom. The van der Waals surface area contributed by atoms with Gasteiger partial charge in [-0.3, -0.25) is 0 Å². The number of nitrogens with one attached hydrogen (secondary N) is 1. The molecule has 0 radical (unpaired) electrons. The second-order valence-corrected chi connectivity index (χ2v) is 3.95. The van der Waals surface area contributed by atoms with Gasteiger partial charge in [0, 0.05) is 19.7 Å². The first-order chi connectivity index (χ1) is 5.68. The molecule has 0 aromatic carbocycles.